The Bertz CT molecular complexity index is 2880. The molecular weight excluding hydrogens is 889 g/mol. The number of amides is 1. The van der Waals surface area contributed by atoms with Crippen LogP contribution in [0.5, 0.6) is 5.88 Å². The van der Waals surface area contributed by atoms with Gasteiger partial charge in [-0.15, -0.1) is 0 Å². The van der Waals surface area contributed by atoms with Crippen molar-refractivity contribution in [1.82, 2.24) is 34.3 Å². The number of aliphatic imine (C=N–C) groups is 1. The predicted molar refractivity (Wildman–Crippen MR) is 256 cm³/mol. The van der Waals surface area contributed by atoms with Crippen molar-refractivity contribution in [3.8, 4) is 39.4 Å². The lowest BCUT2D eigenvalue weighted by Gasteiger charge is -2.16. The van der Waals surface area contributed by atoms with Crippen molar-refractivity contribution in [3.63, 3.8) is 0 Å². The summed E-state index contributed by atoms with van der Waals surface area (Å²) in [5.74, 6) is -0.799. The number of nitrogens with zero attached hydrogens (tertiary/aromatic N) is 3. The number of H-pyrrole nitrogens is 1. The Morgan fingerprint density at radius 2 is 1.23 bits per heavy atom. The molecule has 1 amide bonds. The third-order valence-corrected chi connectivity index (χ3v) is 15.3. The molecule has 5 aromatic rings. The van der Waals surface area contributed by atoms with Crippen LogP contribution in [-0.2, 0) is 36.5 Å². The first-order chi connectivity index (χ1) is 30.8. The number of hydrogen-bond donors (Lipinski definition) is 6. The van der Waals surface area contributed by atoms with Gasteiger partial charge < -0.3 is 25.2 Å². The van der Waals surface area contributed by atoms with Gasteiger partial charge in [0.15, 0.2) is 5.88 Å². The summed E-state index contributed by atoms with van der Waals surface area (Å²) in [4.78, 5) is 24.4. The van der Waals surface area contributed by atoms with Crippen molar-refractivity contribution in [1.29, 1.82) is 0 Å². The van der Waals surface area contributed by atoms with E-state index in [1.165, 1.54) is 18.2 Å². The molecule has 65 heavy (non-hydrogen) atoms. The Labute approximate surface area is 382 Å². The summed E-state index contributed by atoms with van der Waals surface area (Å²) in [6, 6.07) is 24.3. The molecule has 16 nitrogen and oxygen atoms in total. The van der Waals surface area contributed by atoms with E-state index in [4.69, 9.17) is 0 Å². The van der Waals surface area contributed by atoms with Crippen LogP contribution in [0.15, 0.2) is 99.7 Å². The van der Waals surface area contributed by atoms with Crippen LogP contribution in [0.25, 0.3) is 33.5 Å². The first kappa shape index (κ1) is 49.3. The van der Waals surface area contributed by atoms with Gasteiger partial charge in [0.2, 0.25) is 30.1 Å². The minimum Gasteiger partial charge on any atom is -0.494 e. The molecule has 1 aromatic heterocycles. The van der Waals surface area contributed by atoms with Gasteiger partial charge >= 0.3 is 0 Å². The first-order valence-corrected chi connectivity index (χ1v) is 25.9. The quantitative estimate of drug-likeness (QED) is 0.0395. The molecule has 1 aliphatic rings. The van der Waals surface area contributed by atoms with Crippen LogP contribution in [0.1, 0.15) is 51.9 Å². The largest absolute Gasteiger partial charge is 0.494 e. The number of fused-ring (bicyclic) bond motifs is 1. The number of aromatic amines is 1. The highest BCUT2D eigenvalue weighted by Gasteiger charge is 2.34. The average molecular weight is 947 g/mol. The Balaban J connectivity index is 1.25. The van der Waals surface area contributed by atoms with Crippen LogP contribution in [-0.4, -0.2) is 131 Å². The minimum absolute atomic E-state index is 0.0116. The maximum atomic E-state index is 13.9. The summed E-state index contributed by atoms with van der Waals surface area (Å²) in [6.07, 6.45) is 2.08. The molecular formula is C46H58N8O8S3. The van der Waals surface area contributed by atoms with Gasteiger partial charge in [-0.3, -0.25) is 4.79 Å². The van der Waals surface area contributed by atoms with E-state index in [0.29, 0.717) is 66.9 Å². The second-order valence-electron chi connectivity index (χ2n) is 16.5. The summed E-state index contributed by atoms with van der Waals surface area (Å²) < 4.78 is 86.8. The molecule has 0 atom stereocenters. The zero-order chi connectivity index (χ0) is 47.1. The highest BCUT2D eigenvalue weighted by molar-refractivity contribution is 7.90. The van der Waals surface area contributed by atoms with Gasteiger partial charge in [-0.2, -0.15) is 0 Å². The van der Waals surface area contributed by atoms with Crippen molar-refractivity contribution in [2.45, 2.75) is 42.4 Å². The zero-order valence-electron chi connectivity index (χ0n) is 37.5. The minimum atomic E-state index is -4.19. The molecule has 0 radical (unpaired) electrons. The molecule has 4 aromatic carbocycles. The highest BCUT2D eigenvalue weighted by Crippen LogP contribution is 2.39. The van der Waals surface area contributed by atoms with Gasteiger partial charge in [-0.25, -0.2) is 44.4 Å². The van der Waals surface area contributed by atoms with Crippen molar-refractivity contribution in [2.24, 2.45) is 4.99 Å². The maximum absolute atomic E-state index is 13.9. The summed E-state index contributed by atoms with van der Waals surface area (Å²) in [7, 11) is -2.43. The number of benzene rings is 4. The number of carbonyl (C=O) groups is 1. The van der Waals surface area contributed by atoms with Gasteiger partial charge in [0, 0.05) is 24.2 Å². The predicted octanol–water partition coefficient (Wildman–Crippen LogP) is 4.51. The molecule has 0 saturated carbocycles. The fraction of sp³-hybridized carbons (Fsp3) is 0.348. The monoisotopic (exact) mass is 946 g/mol. The van der Waals surface area contributed by atoms with Crippen LogP contribution >= 0.6 is 0 Å². The lowest BCUT2D eigenvalue weighted by atomic mass is 9.93. The molecule has 6 rings (SSSR count). The molecule has 19 heteroatoms. The highest BCUT2D eigenvalue weighted by atomic mass is 32.2. The number of aromatic nitrogens is 1. The van der Waals surface area contributed by atoms with E-state index in [0.717, 1.165) is 22.3 Å². The van der Waals surface area contributed by atoms with Crippen LogP contribution in [0.3, 0.4) is 0 Å². The summed E-state index contributed by atoms with van der Waals surface area (Å²) >= 11 is 0. The van der Waals surface area contributed by atoms with E-state index in [9.17, 15) is 35.2 Å². The number of sulfonamides is 3. The Hall–Kier alpha value is -5.09. The third-order valence-electron chi connectivity index (χ3n) is 10.9. The van der Waals surface area contributed by atoms with E-state index in [-0.39, 0.29) is 57.9 Å². The standard InChI is InChI=1S/C46H58N8O8S3/c1-31-11-21-38(36(28-31)10-7-27-63(57,58)50-30-47-2)32-12-16-34(17-13-32)43-41-42(46(56)51-43)44(52-45(41)55)35-18-14-33(15-19-35)39-22-20-37(64(59,60)48-23-8-25-53(3)4)29-40(39)65(61,62)49-24-9-26-54(5)6/h11-22,28-29,47-50,52,55H,7-10,23-27,30H2,1-6H3. The summed E-state index contributed by atoms with van der Waals surface area (Å²) in [5.41, 5.74) is 6.85. The van der Waals surface area contributed by atoms with Gasteiger partial charge in [0.1, 0.15) is 0 Å². The van der Waals surface area contributed by atoms with Crippen molar-refractivity contribution >= 4 is 41.7 Å². The van der Waals surface area contributed by atoms with Gasteiger partial charge in [-0.1, -0.05) is 78.4 Å². The Morgan fingerprint density at radius 3 is 1.85 bits per heavy atom. The van der Waals surface area contributed by atoms with Crippen LogP contribution in [0.2, 0.25) is 0 Å². The Kier molecular flexibility index (Phi) is 16.0. The number of carbonyl (C=O) groups excluding carboxylic acids is 1. The lowest BCUT2D eigenvalue weighted by Crippen LogP contribution is -2.33. The molecule has 348 valence electrons. The van der Waals surface area contributed by atoms with Gasteiger partial charge in [0.25, 0.3) is 5.91 Å². The first-order valence-electron chi connectivity index (χ1n) is 21.2. The van der Waals surface area contributed by atoms with Crippen molar-refractivity contribution < 1.29 is 35.2 Å². The normalized spacial score (nSPS) is 13.2. The van der Waals surface area contributed by atoms with E-state index < -0.39 is 36.0 Å². The molecule has 6 N–H and O–H groups in total. The molecule has 0 unspecified atom stereocenters. The number of aromatic hydroxyl groups is 1. The molecule has 0 fully saturated rings. The fourth-order valence-corrected chi connectivity index (χ4v) is 11.1. The van der Waals surface area contributed by atoms with Crippen LogP contribution in [0, 0.1) is 6.92 Å². The Morgan fingerprint density at radius 1 is 0.662 bits per heavy atom. The van der Waals surface area contributed by atoms with E-state index in [1.807, 2.05) is 81.3 Å². The number of nitrogens with one attached hydrogen (secondary N) is 5. The summed E-state index contributed by atoms with van der Waals surface area (Å²) in [6.45, 7) is 3.78. The second kappa shape index (κ2) is 21.0. The van der Waals surface area contributed by atoms with Gasteiger partial charge in [0.05, 0.1) is 44.7 Å². The van der Waals surface area contributed by atoms with Crippen LogP contribution in [0.4, 0.5) is 0 Å². The van der Waals surface area contributed by atoms with E-state index in [2.05, 4.69) is 35.5 Å². The van der Waals surface area contributed by atoms with E-state index in [1.54, 1.807) is 31.3 Å². The maximum Gasteiger partial charge on any atom is 0.280 e. The molecule has 0 aliphatic carbocycles. The molecule has 1 aliphatic heterocycles. The molecule has 0 bridgehead atoms. The SMILES string of the molecule is CNCNS(=O)(=O)CCCc1cc(C)ccc1-c1ccc(C2=NC(=O)c3c(-c4ccc(-c5ccc(S(=O)(=O)NCCCN(C)C)cc5S(=O)(=O)NCCCN(C)C)cc4)[nH]c(O)c32)cc1. The molecule has 0 saturated heterocycles. The zero-order valence-corrected chi connectivity index (χ0v) is 40.0. The van der Waals surface area contributed by atoms with Gasteiger partial charge in [-0.05, 0) is 121 Å². The smallest absolute Gasteiger partial charge is 0.280 e. The average Bonchev–Trinajstić information content (AvgIpc) is 3.80. The number of rotatable bonds is 23. The van der Waals surface area contributed by atoms with Crippen molar-refractivity contribution in [2.75, 3.05) is 73.8 Å². The van der Waals surface area contributed by atoms with Crippen LogP contribution < -0.4 is 19.5 Å². The lowest BCUT2D eigenvalue weighted by molar-refractivity contribution is 0.101. The number of aryl methyl sites for hydroxylation is 2. The van der Waals surface area contributed by atoms with Crippen molar-refractivity contribution in [3.05, 3.63) is 113 Å². The summed E-state index contributed by atoms with van der Waals surface area (Å²) in [5, 5.41) is 14.0. The fourth-order valence-electron chi connectivity index (χ4n) is 7.61. The third kappa shape index (κ3) is 12.2. The second-order valence-corrected chi connectivity index (χ2v) is 22.0. The van der Waals surface area contributed by atoms with E-state index >= 15 is 0 Å². The molecule has 0 spiro atoms. The number of hydrogen-bond acceptors (Lipinski definition) is 11. The topological polar surface area (TPSA) is 222 Å². The molecule has 2 heterocycles.